The molecular formula is C19H26N4O. The number of aromatic nitrogens is 1. The average Bonchev–Trinajstić information content (AvgIpc) is 2.99. The van der Waals surface area contributed by atoms with Crippen LogP contribution in [0, 0.1) is 6.92 Å². The van der Waals surface area contributed by atoms with E-state index in [0.29, 0.717) is 5.49 Å². The fourth-order valence-corrected chi connectivity index (χ4v) is 3.13. The minimum atomic E-state index is 0.226. The minimum absolute atomic E-state index is 0.226. The van der Waals surface area contributed by atoms with E-state index in [1.54, 1.807) is 0 Å². The van der Waals surface area contributed by atoms with Crippen molar-refractivity contribution in [2.45, 2.75) is 25.9 Å². The maximum absolute atomic E-state index is 10.3. The van der Waals surface area contributed by atoms with Crippen molar-refractivity contribution in [2.24, 2.45) is 4.99 Å². The topological polar surface area (TPSA) is 44.0 Å². The molecule has 0 bridgehead atoms. The number of rotatable bonds is 4. The molecule has 1 aliphatic heterocycles. The monoisotopic (exact) mass is 326 g/mol. The van der Waals surface area contributed by atoms with E-state index in [1.165, 1.54) is 10.3 Å². The fourth-order valence-electron chi connectivity index (χ4n) is 3.13. The van der Waals surface area contributed by atoms with Gasteiger partial charge in [-0.05, 0) is 25.0 Å². The molecule has 1 aromatic heterocycles. The summed E-state index contributed by atoms with van der Waals surface area (Å²) in [4.78, 5) is 9.25. The predicted molar refractivity (Wildman–Crippen MR) is 96.4 cm³/mol. The number of hydrogen-bond acceptors (Lipinski definition) is 4. The van der Waals surface area contributed by atoms with Gasteiger partial charge in [0.15, 0.2) is 5.49 Å². The third-order valence-corrected chi connectivity index (χ3v) is 4.51. The van der Waals surface area contributed by atoms with E-state index in [-0.39, 0.29) is 6.04 Å². The van der Waals surface area contributed by atoms with E-state index in [9.17, 15) is 5.21 Å². The van der Waals surface area contributed by atoms with Crippen LogP contribution in [0.15, 0.2) is 47.5 Å². The maximum atomic E-state index is 10.3. The molecule has 3 rings (SSSR count). The standard InChI is InChI=1S/C19H26N4O/c1-15-11-18(21(2)3)12-19(23(15)24)20-17-9-10-22(14-17)13-16-7-5-4-6-8-16/h4-8,11-12,17,24H,9-10,13-14H2,1-3H3/t17-/m0/s1. The van der Waals surface area contributed by atoms with Crippen molar-refractivity contribution in [3.63, 3.8) is 0 Å². The van der Waals surface area contributed by atoms with Crippen LogP contribution in [0.2, 0.25) is 0 Å². The SMILES string of the molecule is Cc1cc(N(C)C)cc(=N[C@H]2CCN(Cc3ccccc3)C2)n1O. The van der Waals surface area contributed by atoms with Crippen LogP contribution in [0.4, 0.5) is 5.69 Å². The summed E-state index contributed by atoms with van der Waals surface area (Å²) in [5.74, 6) is 0. The van der Waals surface area contributed by atoms with E-state index >= 15 is 0 Å². The molecule has 0 spiro atoms. The molecule has 1 aliphatic rings. The number of likely N-dealkylation sites (tertiary alicyclic amines) is 1. The summed E-state index contributed by atoms with van der Waals surface area (Å²) in [6.07, 6.45) is 1.03. The zero-order chi connectivity index (χ0) is 17.1. The van der Waals surface area contributed by atoms with Crippen molar-refractivity contribution in [3.8, 4) is 0 Å². The maximum Gasteiger partial charge on any atom is 0.165 e. The van der Waals surface area contributed by atoms with Gasteiger partial charge in [0.05, 0.1) is 11.7 Å². The van der Waals surface area contributed by atoms with Crippen molar-refractivity contribution in [1.82, 2.24) is 9.63 Å². The van der Waals surface area contributed by atoms with Gasteiger partial charge in [0.1, 0.15) is 0 Å². The van der Waals surface area contributed by atoms with Crippen molar-refractivity contribution in [1.29, 1.82) is 0 Å². The molecule has 1 atom stereocenters. The van der Waals surface area contributed by atoms with Crippen LogP contribution in [-0.4, -0.2) is 48.1 Å². The van der Waals surface area contributed by atoms with Crippen LogP contribution in [0.25, 0.3) is 0 Å². The fraction of sp³-hybridized carbons (Fsp3) is 0.421. The molecule has 0 amide bonds. The van der Waals surface area contributed by atoms with Gasteiger partial charge < -0.3 is 10.1 Å². The zero-order valence-electron chi connectivity index (χ0n) is 14.7. The van der Waals surface area contributed by atoms with Gasteiger partial charge in [0.25, 0.3) is 0 Å². The molecule has 1 fully saturated rings. The molecule has 2 heterocycles. The molecule has 1 aromatic carbocycles. The highest BCUT2D eigenvalue weighted by Crippen LogP contribution is 2.16. The Balaban J connectivity index is 1.76. The van der Waals surface area contributed by atoms with Crippen LogP contribution in [0.5, 0.6) is 0 Å². The first-order valence-electron chi connectivity index (χ1n) is 8.43. The normalized spacial score (nSPS) is 19.0. The van der Waals surface area contributed by atoms with Crippen molar-refractivity contribution < 1.29 is 5.21 Å². The van der Waals surface area contributed by atoms with E-state index in [2.05, 4.69) is 29.2 Å². The molecule has 128 valence electrons. The highest BCUT2D eigenvalue weighted by atomic mass is 16.5. The van der Waals surface area contributed by atoms with Crippen LogP contribution >= 0.6 is 0 Å². The average molecular weight is 326 g/mol. The van der Waals surface area contributed by atoms with Crippen LogP contribution < -0.4 is 10.4 Å². The van der Waals surface area contributed by atoms with Gasteiger partial charge in [0.2, 0.25) is 0 Å². The molecule has 0 radical (unpaired) electrons. The zero-order valence-corrected chi connectivity index (χ0v) is 14.7. The molecule has 1 N–H and O–H groups in total. The van der Waals surface area contributed by atoms with E-state index in [4.69, 9.17) is 4.99 Å². The highest BCUT2D eigenvalue weighted by molar-refractivity contribution is 5.44. The van der Waals surface area contributed by atoms with Gasteiger partial charge in [0, 0.05) is 45.5 Å². The molecule has 5 nitrogen and oxygen atoms in total. The van der Waals surface area contributed by atoms with Crippen molar-refractivity contribution in [2.75, 3.05) is 32.1 Å². The number of pyridine rings is 1. The largest absolute Gasteiger partial charge is 0.427 e. The van der Waals surface area contributed by atoms with Gasteiger partial charge in [-0.1, -0.05) is 30.3 Å². The van der Waals surface area contributed by atoms with Crippen LogP contribution in [0.1, 0.15) is 17.7 Å². The molecule has 5 heteroatoms. The Labute approximate surface area is 143 Å². The quantitative estimate of drug-likeness (QED) is 0.877. The summed E-state index contributed by atoms with van der Waals surface area (Å²) in [6, 6.07) is 14.7. The molecule has 0 aliphatic carbocycles. The first-order chi connectivity index (χ1) is 11.5. The second kappa shape index (κ2) is 7.09. The summed E-state index contributed by atoms with van der Waals surface area (Å²) in [5, 5.41) is 10.3. The van der Waals surface area contributed by atoms with Gasteiger partial charge >= 0.3 is 0 Å². The Morgan fingerprint density at radius 3 is 2.67 bits per heavy atom. The predicted octanol–water partition coefficient (Wildman–Crippen LogP) is 2.28. The minimum Gasteiger partial charge on any atom is -0.427 e. The smallest absolute Gasteiger partial charge is 0.165 e. The van der Waals surface area contributed by atoms with Gasteiger partial charge in [-0.3, -0.25) is 9.89 Å². The lowest BCUT2D eigenvalue weighted by atomic mass is 10.2. The molecular weight excluding hydrogens is 300 g/mol. The number of nitrogens with zero attached hydrogens (tertiary/aromatic N) is 4. The lowest BCUT2D eigenvalue weighted by Crippen LogP contribution is -2.27. The summed E-state index contributed by atoms with van der Waals surface area (Å²) in [6.45, 7) is 4.83. The Kier molecular flexibility index (Phi) is 4.90. The second-order valence-electron chi connectivity index (χ2n) is 6.71. The Morgan fingerprint density at radius 2 is 1.96 bits per heavy atom. The molecule has 24 heavy (non-hydrogen) atoms. The Morgan fingerprint density at radius 1 is 1.21 bits per heavy atom. The lowest BCUT2D eigenvalue weighted by Gasteiger charge is -2.16. The molecule has 1 saturated heterocycles. The summed E-state index contributed by atoms with van der Waals surface area (Å²) >= 11 is 0. The van der Waals surface area contributed by atoms with E-state index < -0.39 is 0 Å². The molecule has 0 unspecified atom stereocenters. The number of benzene rings is 1. The third-order valence-electron chi connectivity index (χ3n) is 4.51. The third kappa shape index (κ3) is 3.79. The van der Waals surface area contributed by atoms with Gasteiger partial charge in [-0.15, -0.1) is 0 Å². The van der Waals surface area contributed by atoms with Crippen molar-refractivity contribution in [3.05, 3.63) is 59.2 Å². The van der Waals surface area contributed by atoms with Gasteiger partial charge in [-0.2, -0.15) is 4.73 Å². The van der Waals surface area contributed by atoms with Crippen LogP contribution in [-0.2, 0) is 6.54 Å². The first-order valence-corrected chi connectivity index (χ1v) is 8.43. The first kappa shape index (κ1) is 16.6. The van der Waals surface area contributed by atoms with Crippen LogP contribution in [0.3, 0.4) is 0 Å². The Hall–Kier alpha value is -2.27. The van der Waals surface area contributed by atoms with Gasteiger partial charge in [-0.25, -0.2) is 0 Å². The number of anilines is 1. The summed E-state index contributed by atoms with van der Waals surface area (Å²) in [5.41, 5.74) is 3.81. The van der Waals surface area contributed by atoms with E-state index in [1.807, 2.05) is 44.1 Å². The molecule has 0 saturated carbocycles. The molecule has 2 aromatic rings. The highest BCUT2D eigenvalue weighted by Gasteiger charge is 2.22. The van der Waals surface area contributed by atoms with E-state index in [0.717, 1.165) is 37.4 Å². The van der Waals surface area contributed by atoms with Crippen molar-refractivity contribution >= 4 is 5.69 Å². The lowest BCUT2D eigenvalue weighted by molar-refractivity contribution is 0.164. The summed E-state index contributed by atoms with van der Waals surface area (Å²) in [7, 11) is 3.99. The second-order valence-corrected chi connectivity index (χ2v) is 6.71. The number of aryl methyl sites for hydroxylation is 1. The number of hydrogen-bond donors (Lipinski definition) is 1. The summed E-state index contributed by atoms with van der Waals surface area (Å²) < 4.78 is 1.19. The Bertz CT molecular complexity index is 752.